The first kappa shape index (κ1) is 16.0. The second-order valence-electron chi connectivity index (χ2n) is 7.98. The second kappa shape index (κ2) is 6.49. The highest BCUT2D eigenvalue weighted by Gasteiger charge is 2.33. The quantitative estimate of drug-likeness (QED) is 0.845. The molecule has 136 valence electrons. The summed E-state index contributed by atoms with van der Waals surface area (Å²) < 4.78 is 0. The number of aromatic nitrogens is 4. The maximum atomic E-state index is 4.51. The Morgan fingerprint density at radius 2 is 1.85 bits per heavy atom. The van der Waals surface area contributed by atoms with Crippen LogP contribution >= 0.6 is 0 Å². The van der Waals surface area contributed by atoms with E-state index < -0.39 is 0 Å². The van der Waals surface area contributed by atoms with Gasteiger partial charge in [0.25, 0.3) is 0 Å². The maximum absolute atomic E-state index is 4.51. The topological polar surface area (TPSA) is 58.0 Å². The summed E-state index contributed by atoms with van der Waals surface area (Å²) in [5, 5.41) is 8.94. The van der Waals surface area contributed by atoms with Crippen LogP contribution in [0.1, 0.15) is 55.0 Å². The summed E-state index contributed by atoms with van der Waals surface area (Å²) in [6.07, 6.45) is 10.4. The predicted octanol–water partition coefficient (Wildman–Crippen LogP) is 2.74. The molecule has 1 aliphatic heterocycles. The molecule has 0 atom stereocenters. The molecule has 3 aliphatic rings. The monoisotopic (exact) mass is 350 g/mol. The van der Waals surface area contributed by atoms with Crippen molar-refractivity contribution in [1.82, 2.24) is 20.2 Å². The molecule has 2 fully saturated rings. The van der Waals surface area contributed by atoms with Crippen LogP contribution < -0.4 is 9.80 Å². The number of fused-ring (bicyclic) bond motifs is 1. The lowest BCUT2D eigenvalue weighted by Crippen LogP contribution is -2.59. The third-order valence-corrected chi connectivity index (χ3v) is 6.35. The van der Waals surface area contributed by atoms with Gasteiger partial charge in [-0.15, -0.1) is 5.10 Å². The van der Waals surface area contributed by atoms with E-state index in [1.807, 2.05) is 0 Å². The first-order valence-corrected chi connectivity index (χ1v) is 9.93. The van der Waals surface area contributed by atoms with Crippen molar-refractivity contribution in [2.45, 2.75) is 56.9 Å². The normalized spacial score (nSPS) is 20.3. The number of likely N-dealkylation sites (N-methyl/N-ethyl adjacent to an activating group) is 1. The minimum atomic E-state index is 0.469. The van der Waals surface area contributed by atoms with Crippen molar-refractivity contribution in [2.75, 3.05) is 29.9 Å². The zero-order valence-corrected chi connectivity index (χ0v) is 15.4. The van der Waals surface area contributed by atoms with Crippen molar-refractivity contribution in [3.05, 3.63) is 35.4 Å². The zero-order valence-electron chi connectivity index (χ0n) is 15.4. The number of aryl methyl sites for hydroxylation is 2. The summed E-state index contributed by atoms with van der Waals surface area (Å²) >= 11 is 0. The highest BCUT2D eigenvalue weighted by molar-refractivity contribution is 5.49. The van der Waals surface area contributed by atoms with Gasteiger partial charge in [0, 0.05) is 37.8 Å². The van der Waals surface area contributed by atoms with Crippen molar-refractivity contribution >= 4 is 11.6 Å². The van der Waals surface area contributed by atoms with Gasteiger partial charge in [-0.1, -0.05) is 6.42 Å². The Morgan fingerprint density at radius 3 is 2.65 bits per heavy atom. The van der Waals surface area contributed by atoms with Crippen LogP contribution in [0.25, 0.3) is 0 Å². The van der Waals surface area contributed by atoms with E-state index in [1.54, 1.807) is 6.33 Å². The molecular weight excluding hydrogens is 324 g/mol. The lowest BCUT2D eigenvalue weighted by molar-refractivity contribution is 0.410. The summed E-state index contributed by atoms with van der Waals surface area (Å²) in [5.41, 5.74) is 3.82. The van der Waals surface area contributed by atoms with Gasteiger partial charge in [-0.2, -0.15) is 5.10 Å². The first-order valence-electron chi connectivity index (χ1n) is 9.93. The molecule has 0 radical (unpaired) electrons. The molecule has 0 aromatic carbocycles. The highest BCUT2D eigenvalue weighted by Crippen LogP contribution is 2.36. The summed E-state index contributed by atoms with van der Waals surface area (Å²) in [7, 11) is 2.15. The van der Waals surface area contributed by atoms with Crippen LogP contribution in [0.15, 0.2) is 18.5 Å². The average molecular weight is 350 g/mol. The van der Waals surface area contributed by atoms with Crippen molar-refractivity contribution < 1.29 is 0 Å². The molecule has 0 spiro atoms. The van der Waals surface area contributed by atoms with E-state index >= 15 is 0 Å². The fraction of sp³-hybridized carbons (Fsp3) is 0.600. The van der Waals surface area contributed by atoms with E-state index in [4.69, 9.17) is 0 Å². The van der Waals surface area contributed by atoms with Crippen molar-refractivity contribution in [3.8, 4) is 0 Å². The lowest BCUT2D eigenvalue weighted by Gasteiger charge is -2.45. The van der Waals surface area contributed by atoms with Crippen LogP contribution in [-0.4, -0.2) is 46.3 Å². The van der Waals surface area contributed by atoms with Gasteiger partial charge in [-0.05, 0) is 50.2 Å². The molecule has 3 heterocycles. The Hall–Kier alpha value is -2.24. The van der Waals surface area contributed by atoms with E-state index in [0.29, 0.717) is 12.0 Å². The van der Waals surface area contributed by atoms with Gasteiger partial charge in [0.15, 0.2) is 5.82 Å². The zero-order chi connectivity index (χ0) is 17.5. The molecule has 5 rings (SSSR count). The van der Waals surface area contributed by atoms with Crippen molar-refractivity contribution in [2.24, 2.45) is 0 Å². The fourth-order valence-corrected chi connectivity index (χ4v) is 4.19. The Bertz CT molecular complexity index is 797. The molecule has 1 saturated carbocycles. The largest absolute Gasteiger partial charge is 0.353 e. The Labute approximate surface area is 154 Å². The van der Waals surface area contributed by atoms with Gasteiger partial charge < -0.3 is 9.80 Å². The summed E-state index contributed by atoms with van der Waals surface area (Å²) in [6.45, 7) is 1.96. The van der Waals surface area contributed by atoms with Crippen LogP contribution in [0.3, 0.4) is 0 Å². The molecule has 0 amide bonds. The lowest BCUT2D eigenvalue weighted by atomic mass is 9.83. The van der Waals surface area contributed by atoms with Gasteiger partial charge >= 0.3 is 0 Å². The van der Waals surface area contributed by atoms with Crippen molar-refractivity contribution in [1.29, 1.82) is 0 Å². The van der Waals surface area contributed by atoms with E-state index in [9.17, 15) is 0 Å². The fourth-order valence-electron chi connectivity index (χ4n) is 4.19. The molecule has 6 nitrogen and oxygen atoms in total. The van der Waals surface area contributed by atoms with E-state index in [2.05, 4.69) is 49.1 Å². The molecule has 6 heteroatoms. The number of hydrogen-bond donors (Lipinski definition) is 0. The number of anilines is 2. The minimum Gasteiger partial charge on any atom is -0.353 e. The van der Waals surface area contributed by atoms with Gasteiger partial charge in [0.05, 0.1) is 11.7 Å². The van der Waals surface area contributed by atoms with Gasteiger partial charge in [-0.25, -0.2) is 9.97 Å². The Morgan fingerprint density at radius 1 is 1.00 bits per heavy atom. The first-order chi connectivity index (χ1) is 12.8. The predicted molar refractivity (Wildman–Crippen MR) is 102 cm³/mol. The third kappa shape index (κ3) is 2.81. The molecule has 2 aliphatic carbocycles. The second-order valence-corrected chi connectivity index (χ2v) is 7.98. The summed E-state index contributed by atoms with van der Waals surface area (Å²) in [4.78, 5) is 13.6. The Kier molecular flexibility index (Phi) is 3.98. The van der Waals surface area contributed by atoms with Crippen LogP contribution in [0.5, 0.6) is 0 Å². The molecule has 26 heavy (non-hydrogen) atoms. The standard InChI is InChI=1S/C20H26N6/c1-25(19-10-18(21-13-22-19)14-6-4-7-14)16-11-26(12-16)20-9-15-5-2-3-8-17(15)23-24-20/h9-10,13-14,16H,2-8,11-12H2,1H3. The molecule has 1 saturated heterocycles. The average Bonchev–Trinajstić information content (AvgIpc) is 2.59. The van der Waals surface area contributed by atoms with E-state index in [-0.39, 0.29) is 0 Å². The van der Waals surface area contributed by atoms with Gasteiger partial charge in [0.2, 0.25) is 0 Å². The third-order valence-electron chi connectivity index (χ3n) is 6.35. The van der Waals surface area contributed by atoms with Crippen LogP contribution in [-0.2, 0) is 12.8 Å². The number of hydrogen-bond acceptors (Lipinski definition) is 6. The summed E-state index contributed by atoms with van der Waals surface area (Å²) in [6, 6.07) is 4.92. The van der Waals surface area contributed by atoms with Crippen LogP contribution in [0.2, 0.25) is 0 Å². The minimum absolute atomic E-state index is 0.469. The molecular formula is C20H26N6. The van der Waals surface area contributed by atoms with E-state index in [0.717, 1.165) is 37.6 Å². The molecule has 0 bridgehead atoms. The SMILES string of the molecule is CN(c1cc(C2CCC2)ncn1)C1CN(c2cc3c(nn2)CCCC3)C1. The molecule has 2 aromatic heterocycles. The van der Waals surface area contributed by atoms with Gasteiger partial charge in [-0.3, -0.25) is 0 Å². The highest BCUT2D eigenvalue weighted by atomic mass is 15.4. The van der Waals surface area contributed by atoms with Crippen LogP contribution in [0.4, 0.5) is 11.6 Å². The van der Waals surface area contributed by atoms with Crippen LogP contribution in [0, 0.1) is 0 Å². The molecule has 2 aromatic rings. The smallest absolute Gasteiger partial charge is 0.151 e. The summed E-state index contributed by atoms with van der Waals surface area (Å²) in [5.74, 6) is 2.73. The molecule has 0 N–H and O–H groups in total. The number of nitrogens with zero attached hydrogens (tertiary/aromatic N) is 6. The van der Waals surface area contributed by atoms with E-state index in [1.165, 1.54) is 49.1 Å². The Balaban J connectivity index is 1.25. The number of rotatable bonds is 4. The van der Waals surface area contributed by atoms with Crippen molar-refractivity contribution in [3.63, 3.8) is 0 Å². The van der Waals surface area contributed by atoms with Gasteiger partial charge in [0.1, 0.15) is 12.1 Å². The molecule has 0 unspecified atom stereocenters. The maximum Gasteiger partial charge on any atom is 0.151 e.